The Morgan fingerprint density at radius 2 is 1.41 bits per heavy atom. The topological polar surface area (TPSA) is 84.5 Å². The van der Waals surface area contributed by atoms with E-state index in [0.717, 1.165) is 22.4 Å². The lowest BCUT2D eigenvalue weighted by molar-refractivity contribution is -0.116. The molecule has 0 saturated carbocycles. The molecule has 0 heterocycles. The van der Waals surface area contributed by atoms with Gasteiger partial charge in [0.25, 0.3) is 0 Å². The zero-order chi connectivity index (χ0) is 26.1. The molecule has 6 nitrogen and oxygen atoms in total. The monoisotopic (exact) mass is 514 g/mol. The number of sulfonamides is 1. The third-order valence-corrected chi connectivity index (χ3v) is 7.45. The van der Waals surface area contributed by atoms with Crippen LogP contribution in [0.15, 0.2) is 114 Å². The van der Waals surface area contributed by atoms with E-state index < -0.39 is 10.0 Å². The predicted molar refractivity (Wildman–Crippen MR) is 146 cm³/mol. The minimum absolute atomic E-state index is 0.118. The van der Waals surface area contributed by atoms with Gasteiger partial charge in [-0.15, -0.1) is 0 Å². The maximum atomic E-state index is 12.7. The van der Waals surface area contributed by atoms with E-state index in [1.54, 1.807) is 36.4 Å². The standard InChI is InChI=1S/C30H30N2O4S/c1-23(26-10-6-3-7-11-26)32-37(34,35)29-19-12-24(13-20-29)14-21-30(33)31-27-15-17-28(18-16-27)36-22-25-8-4-2-5-9-25/h2-13,15-20,23,32H,14,21-22H2,1H3,(H,31,33)/t23-/m0/s1. The van der Waals surface area contributed by atoms with Crippen molar-refractivity contribution in [1.82, 2.24) is 4.72 Å². The zero-order valence-corrected chi connectivity index (χ0v) is 21.4. The molecule has 7 heteroatoms. The summed E-state index contributed by atoms with van der Waals surface area (Å²) >= 11 is 0. The summed E-state index contributed by atoms with van der Waals surface area (Å²) < 4.78 is 34.0. The van der Waals surface area contributed by atoms with Gasteiger partial charge in [0.1, 0.15) is 12.4 Å². The van der Waals surface area contributed by atoms with Crippen LogP contribution in [0, 0.1) is 0 Å². The largest absolute Gasteiger partial charge is 0.489 e. The highest BCUT2D eigenvalue weighted by molar-refractivity contribution is 7.89. The van der Waals surface area contributed by atoms with Crippen molar-refractivity contribution in [1.29, 1.82) is 0 Å². The van der Waals surface area contributed by atoms with Gasteiger partial charge in [-0.2, -0.15) is 0 Å². The number of rotatable bonds is 11. The quantitative estimate of drug-likeness (QED) is 0.262. The highest BCUT2D eigenvalue weighted by Gasteiger charge is 2.18. The number of ether oxygens (including phenoxy) is 1. The van der Waals surface area contributed by atoms with Crippen molar-refractivity contribution < 1.29 is 17.9 Å². The van der Waals surface area contributed by atoms with Crippen molar-refractivity contribution in [2.45, 2.75) is 37.3 Å². The van der Waals surface area contributed by atoms with Gasteiger partial charge in [-0.05, 0) is 66.4 Å². The normalized spacial score (nSPS) is 12.0. The Balaban J connectivity index is 1.24. The molecule has 0 fully saturated rings. The number of carbonyl (C=O) groups is 1. The first-order chi connectivity index (χ1) is 17.9. The van der Waals surface area contributed by atoms with E-state index in [2.05, 4.69) is 10.0 Å². The highest BCUT2D eigenvalue weighted by atomic mass is 32.2. The summed E-state index contributed by atoms with van der Waals surface area (Å²) in [6.07, 6.45) is 0.778. The molecule has 4 aromatic rings. The van der Waals surface area contributed by atoms with Crippen LogP contribution in [0.3, 0.4) is 0 Å². The van der Waals surface area contributed by atoms with Crippen molar-refractivity contribution in [3.8, 4) is 5.75 Å². The van der Waals surface area contributed by atoms with E-state index in [0.29, 0.717) is 18.7 Å². The molecule has 0 aromatic heterocycles. The lowest BCUT2D eigenvalue weighted by atomic mass is 10.1. The summed E-state index contributed by atoms with van der Waals surface area (Å²) in [5.74, 6) is 0.609. The Morgan fingerprint density at radius 1 is 0.784 bits per heavy atom. The van der Waals surface area contributed by atoms with Crippen molar-refractivity contribution >= 4 is 21.6 Å². The van der Waals surface area contributed by atoms with E-state index in [4.69, 9.17) is 4.74 Å². The lowest BCUT2D eigenvalue weighted by Gasteiger charge is -2.15. The second-order valence-electron chi connectivity index (χ2n) is 8.74. The third kappa shape index (κ3) is 7.77. The summed E-state index contributed by atoms with van der Waals surface area (Å²) in [5, 5.41) is 2.89. The maximum absolute atomic E-state index is 12.7. The Hall–Kier alpha value is -3.94. The smallest absolute Gasteiger partial charge is 0.241 e. The molecule has 4 aromatic carbocycles. The molecule has 1 amide bonds. The van der Waals surface area contributed by atoms with Crippen LogP contribution < -0.4 is 14.8 Å². The van der Waals surface area contributed by atoms with Crippen LogP contribution in [-0.4, -0.2) is 14.3 Å². The number of hydrogen-bond acceptors (Lipinski definition) is 4. The molecule has 2 N–H and O–H groups in total. The number of hydrogen-bond donors (Lipinski definition) is 2. The van der Waals surface area contributed by atoms with Crippen molar-refractivity contribution in [3.63, 3.8) is 0 Å². The molecule has 190 valence electrons. The highest BCUT2D eigenvalue weighted by Crippen LogP contribution is 2.19. The van der Waals surface area contributed by atoms with Gasteiger partial charge in [0.05, 0.1) is 4.90 Å². The summed E-state index contributed by atoms with van der Waals surface area (Å²) in [7, 11) is -3.66. The predicted octanol–water partition coefficient (Wildman–Crippen LogP) is 5.88. The maximum Gasteiger partial charge on any atom is 0.241 e. The molecule has 0 saturated heterocycles. The Morgan fingerprint density at radius 3 is 2.05 bits per heavy atom. The third-order valence-electron chi connectivity index (χ3n) is 5.89. The van der Waals surface area contributed by atoms with Gasteiger partial charge in [0.15, 0.2) is 0 Å². The molecule has 4 rings (SSSR count). The number of carbonyl (C=O) groups excluding carboxylic acids is 1. The van der Waals surface area contributed by atoms with Crippen LogP contribution in [-0.2, 0) is 27.8 Å². The average Bonchev–Trinajstić information content (AvgIpc) is 2.92. The van der Waals surface area contributed by atoms with Crippen molar-refractivity contribution in [3.05, 3.63) is 126 Å². The minimum Gasteiger partial charge on any atom is -0.489 e. The number of nitrogens with one attached hydrogen (secondary N) is 2. The molecular formula is C30H30N2O4S. The first-order valence-electron chi connectivity index (χ1n) is 12.1. The van der Waals surface area contributed by atoms with Gasteiger partial charge < -0.3 is 10.1 Å². The second-order valence-corrected chi connectivity index (χ2v) is 10.5. The Labute approximate surface area is 218 Å². The lowest BCUT2D eigenvalue weighted by Crippen LogP contribution is -2.26. The van der Waals surface area contributed by atoms with E-state index >= 15 is 0 Å². The average molecular weight is 515 g/mol. The molecule has 0 aliphatic heterocycles. The van der Waals surface area contributed by atoms with Gasteiger partial charge in [-0.1, -0.05) is 72.8 Å². The molecule has 0 bridgehead atoms. The first-order valence-corrected chi connectivity index (χ1v) is 13.6. The fraction of sp³-hybridized carbons (Fsp3) is 0.167. The zero-order valence-electron chi connectivity index (χ0n) is 20.6. The van der Waals surface area contributed by atoms with Crippen molar-refractivity contribution in [2.75, 3.05) is 5.32 Å². The molecule has 1 atom stereocenters. The first kappa shape index (κ1) is 26.1. The molecular weight excluding hydrogens is 484 g/mol. The molecule has 0 aliphatic rings. The molecule has 0 radical (unpaired) electrons. The van der Waals surface area contributed by atoms with E-state index in [1.165, 1.54) is 0 Å². The van der Waals surface area contributed by atoms with Gasteiger partial charge in [-0.3, -0.25) is 4.79 Å². The molecule has 0 unspecified atom stereocenters. The van der Waals surface area contributed by atoms with Crippen LogP contribution in [0.25, 0.3) is 0 Å². The Kier molecular flexibility index (Phi) is 8.72. The van der Waals surface area contributed by atoms with E-state index in [9.17, 15) is 13.2 Å². The number of aryl methyl sites for hydroxylation is 1. The Bertz CT molecular complexity index is 1390. The molecule has 0 spiro atoms. The minimum atomic E-state index is -3.66. The van der Waals surface area contributed by atoms with Crippen LogP contribution in [0.2, 0.25) is 0 Å². The number of amides is 1. The van der Waals surface area contributed by atoms with Crippen LogP contribution in [0.4, 0.5) is 5.69 Å². The van der Waals surface area contributed by atoms with E-state index in [1.807, 2.05) is 79.7 Å². The molecule has 37 heavy (non-hydrogen) atoms. The van der Waals surface area contributed by atoms with Crippen LogP contribution in [0.1, 0.15) is 36.1 Å². The second kappa shape index (κ2) is 12.3. The fourth-order valence-corrected chi connectivity index (χ4v) is 5.03. The number of benzene rings is 4. The van der Waals surface area contributed by atoms with Gasteiger partial charge in [0, 0.05) is 18.2 Å². The van der Waals surface area contributed by atoms with Crippen molar-refractivity contribution in [2.24, 2.45) is 0 Å². The fourth-order valence-electron chi connectivity index (χ4n) is 3.80. The molecule has 0 aliphatic carbocycles. The van der Waals surface area contributed by atoms with Gasteiger partial charge in [0.2, 0.25) is 15.9 Å². The van der Waals surface area contributed by atoms with Crippen LogP contribution >= 0.6 is 0 Å². The SMILES string of the molecule is C[C@H](NS(=O)(=O)c1ccc(CCC(=O)Nc2ccc(OCc3ccccc3)cc2)cc1)c1ccccc1. The summed E-state index contributed by atoms with van der Waals surface area (Å²) in [6.45, 7) is 2.29. The summed E-state index contributed by atoms with van der Waals surface area (Å²) in [5.41, 5.74) is 3.55. The summed E-state index contributed by atoms with van der Waals surface area (Å²) in [6, 6.07) is 32.9. The summed E-state index contributed by atoms with van der Waals surface area (Å²) in [4.78, 5) is 12.6. The van der Waals surface area contributed by atoms with Gasteiger partial charge in [-0.25, -0.2) is 13.1 Å². The number of anilines is 1. The van der Waals surface area contributed by atoms with E-state index in [-0.39, 0.29) is 23.3 Å². The van der Waals surface area contributed by atoms with Crippen LogP contribution in [0.5, 0.6) is 5.75 Å². The van der Waals surface area contributed by atoms with Gasteiger partial charge >= 0.3 is 0 Å².